The van der Waals surface area contributed by atoms with E-state index in [1.165, 1.54) is 176 Å². The zero-order valence-corrected chi connectivity index (χ0v) is 33.3. The molecule has 8 aromatic rings. The van der Waals surface area contributed by atoms with Gasteiger partial charge in [0.1, 0.15) is 0 Å². The summed E-state index contributed by atoms with van der Waals surface area (Å²) >= 11 is 3.80. The van der Waals surface area contributed by atoms with E-state index in [1.807, 2.05) is 22.7 Å². The summed E-state index contributed by atoms with van der Waals surface area (Å²) in [6.07, 6.45) is 18.6. The molecule has 0 aliphatic heterocycles. The number of aryl methyl sites for hydroxylation is 4. The third-order valence-corrected chi connectivity index (χ3v) is 13.6. The van der Waals surface area contributed by atoms with E-state index in [-0.39, 0.29) is 0 Å². The van der Waals surface area contributed by atoms with Gasteiger partial charge in [-0.1, -0.05) is 127 Å². The summed E-state index contributed by atoms with van der Waals surface area (Å²) in [7, 11) is 4.51. The highest BCUT2D eigenvalue weighted by atomic mass is 32.1. The van der Waals surface area contributed by atoms with Crippen molar-refractivity contribution in [2.24, 2.45) is 14.1 Å². The van der Waals surface area contributed by atoms with Crippen LogP contribution in [0.5, 0.6) is 0 Å². The van der Waals surface area contributed by atoms with Gasteiger partial charge in [0, 0.05) is 35.6 Å². The molecule has 4 heterocycles. The second-order valence-electron chi connectivity index (χ2n) is 15.3. The molecule has 0 aliphatic carbocycles. The summed E-state index contributed by atoms with van der Waals surface area (Å²) in [5.74, 6) is 0. The Kier molecular flexibility index (Phi) is 10.6. The van der Waals surface area contributed by atoms with Gasteiger partial charge in [-0.2, -0.15) is 0 Å². The number of fused-ring (bicyclic) bond motifs is 9. The lowest BCUT2D eigenvalue weighted by Crippen LogP contribution is -1.92. The molecular weight excluding hydrogens is 669 g/mol. The second kappa shape index (κ2) is 15.6. The Hall–Kier alpha value is -3.86. The van der Waals surface area contributed by atoms with Crippen LogP contribution in [-0.4, -0.2) is 9.13 Å². The van der Waals surface area contributed by atoms with Crippen molar-refractivity contribution in [1.82, 2.24) is 9.13 Å². The Morgan fingerprint density at radius 3 is 1.23 bits per heavy atom. The molecule has 0 unspecified atom stereocenters. The highest BCUT2D eigenvalue weighted by molar-refractivity contribution is 7.14. The van der Waals surface area contributed by atoms with Crippen molar-refractivity contribution in [3.63, 3.8) is 0 Å². The van der Waals surface area contributed by atoms with Crippen molar-refractivity contribution in [2.75, 3.05) is 0 Å². The molecule has 0 amide bonds. The van der Waals surface area contributed by atoms with Crippen LogP contribution in [0.4, 0.5) is 0 Å². The maximum Gasteiger partial charge on any atom is 0.0590 e. The fourth-order valence-corrected chi connectivity index (χ4v) is 10.7. The van der Waals surface area contributed by atoms with Crippen molar-refractivity contribution in [2.45, 2.75) is 104 Å². The Labute approximate surface area is 318 Å². The van der Waals surface area contributed by atoms with Gasteiger partial charge in [0.2, 0.25) is 0 Å². The normalized spacial score (nSPS) is 12.2. The first kappa shape index (κ1) is 35.2. The van der Waals surface area contributed by atoms with Gasteiger partial charge in [-0.25, -0.2) is 0 Å². The van der Waals surface area contributed by atoms with Crippen LogP contribution >= 0.6 is 22.7 Å². The fraction of sp³-hybridized carbons (Fsp3) is 0.375. The standard InChI is InChI=1S/C48H54N2S2/c1-5-7-9-11-13-15-17-33-27-45(51-31-33)43-29-35-19-21-39-37-24-26-42-40(38(37)23-25-41(39)47(35)49(43)3)22-20-36-30-44(50(4)48(36)42)46-28-34(32-52-46)18-16-14-12-10-8-6-2/h19-32H,5-18H2,1-4H3. The number of benzene rings is 4. The number of hydrogen-bond donors (Lipinski definition) is 0. The smallest absolute Gasteiger partial charge is 0.0590 e. The fourth-order valence-electron chi connectivity index (χ4n) is 8.72. The Morgan fingerprint density at radius 2 is 0.788 bits per heavy atom. The van der Waals surface area contributed by atoms with Gasteiger partial charge in [0.15, 0.2) is 0 Å². The molecule has 0 fully saturated rings. The molecule has 0 aliphatic rings. The van der Waals surface area contributed by atoms with Gasteiger partial charge in [-0.15, -0.1) is 22.7 Å². The molecule has 2 nitrogen and oxygen atoms in total. The zero-order chi connectivity index (χ0) is 35.6. The minimum atomic E-state index is 1.19. The predicted molar refractivity (Wildman–Crippen MR) is 233 cm³/mol. The molecule has 0 saturated carbocycles. The number of hydrogen-bond acceptors (Lipinski definition) is 2. The van der Waals surface area contributed by atoms with Gasteiger partial charge in [0.25, 0.3) is 0 Å². The van der Waals surface area contributed by atoms with Gasteiger partial charge in [-0.3, -0.25) is 0 Å². The molecule has 4 aromatic carbocycles. The summed E-state index contributed by atoms with van der Waals surface area (Å²) in [6.45, 7) is 4.58. The van der Waals surface area contributed by atoms with E-state index in [2.05, 4.69) is 121 Å². The lowest BCUT2D eigenvalue weighted by atomic mass is 9.95. The molecule has 0 atom stereocenters. The van der Waals surface area contributed by atoms with Crippen molar-refractivity contribution in [3.05, 3.63) is 94.7 Å². The van der Waals surface area contributed by atoms with Crippen LogP contribution in [0, 0.1) is 0 Å². The topological polar surface area (TPSA) is 9.86 Å². The van der Waals surface area contributed by atoms with Crippen LogP contribution in [0.15, 0.2) is 83.6 Å². The van der Waals surface area contributed by atoms with E-state index in [0.29, 0.717) is 0 Å². The van der Waals surface area contributed by atoms with Crippen LogP contribution in [0.25, 0.3) is 75.3 Å². The molecule has 8 rings (SSSR count). The van der Waals surface area contributed by atoms with Crippen LogP contribution < -0.4 is 0 Å². The van der Waals surface area contributed by atoms with E-state index < -0.39 is 0 Å². The summed E-state index contributed by atoms with van der Waals surface area (Å²) in [6, 6.07) is 28.6. The molecule has 268 valence electrons. The number of nitrogens with zero attached hydrogens (tertiary/aromatic N) is 2. The van der Waals surface area contributed by atoms with Crippen molar-refractivity contribution >= 4 is 76.8 Å². The maximum atomic E-state index is 2.44. The molecule has 0 bridgehead atoms. The SMILES string of the molecule is CCCCCCCCc1csc(-c2cc3ccc4c5ccc6c(ccc7cc(-c8cc(CCCCCCCC)cs8)n(C)c76)c5ccc4c3n2C)c1. The summed E-state index contributed by atoms with van der Waals surface area (Å²) in [4.78, 5) is 2.75. The summed E-state index contributed by atoms with van der Waals surface area (Å²) < 4.78 is 4.87. The number of thiophene rings is 2. The highest BCUT2D eigenvalue weighted by Crippen LogP contribution is 2.41. The first-order chi connectivity index (χ1) is 25.6. The third-order valence-electron chi connectivity index (χ3n) is 11.6. The van der Waals surface area contributed by atoms with E-state index in [9.17, 15) is 0 Å². The monoisotopic (exact) mass is 722 g/mol. The predicted octanol–water partition coefficient (Wildman–Crippen LogP) is 15.4. The van der Waals surface area contributed by atoms with Crippen molar-refractivity contribution < 1.29 is 0 Å². The van der Waals surface area contributed by atoms with E-state index in [4.69, 9.17) is 0 Å². The molecule has 0 spiro atoms. The van der Waals surface area contributed by atoms with Crippen LogP contribution in [0.2, 0.25) is 0 Å². The highest BCUT2D eigenvalue weighted by Gasteiger charge is 2.17. The lowest BCUT2D eigenvalue weighted by molar-refractivity contribution is 0.608. The minimum Gasteiger partial charge on any atom is -0.342 e. The average molecular weight is 723 g/mol. The van der Waals surface area contributed by atoms with Gasteiger partial charge < -0.3 is 9.13 Å². The Morgan fingerprint density at radius 1 is 0.423 bits per heavy atom. The summed E-state index contributed by atoms with van der Waals surface area (Å²) in [5.41, 5.74) is 8.28. The lowest BCUT2D eigenvalue weighted by Gasteiger charge is -2.12. The number of aromatic nitrogens is 2. The van der Waals surface area contributed by atoms with Gasteiger partial charge >= 0.3 is 0 Å². The number of rotatable bonds is 16. The summed E-state index contributed by atoms with van der Waals surface area (Å²) in [5, 5.41) is 15.4. The number of unbranched alkanes of at least 4 members (excludes halogenated alkanes) is 10. The largest absolute Gasteiger partial charge is 0.342 e. The Balaban J connectivity index is 1.08. The van der Waals surface area contributed by atoms with E-state index >= 15 is 0 Å². The van der Waals surface area contributed by atoms with Crippen molar-refractivity contribution in [3.8, 4) is 21.1 Å². The minimum absolute atomic E-state index is 1.19. The van der Waals surface area contributed by atoms with Crippen LogP contribution in [-0.2, 0) is 26.9 Å². The van der Waals surface area contributed by atoms with Gasteiger partial charge in [-0.05, 0) is 93.4 Å². The average Bonchev–Trinajstić information content (AvgIpc) is 3.97. The maximum absolute atomic E-state index is 2.44. The quantitative estimate of drug-likeness (QED) is 0.0694. The third kappa shape index (κ3) is 6.74. The van der Waals surface area contributed by atoms with Crippen LogP contribution in [0.3, 0.4) is 0 Å². The molecule has 52 heavy (non-hydrogen) atoms. The Bertz CT molecular complexity index is 2310. The van der Waals surface area contributed by atoms with Crippen LogP contribution in [0.1, 0.15) is 102 Å². The van der Waals surface area contributed by atoms with Gasteiger partial charge in [0.05, 0.1) is 32.2 Å². The van der Waals surface area contributed by atoms with E-state index in [0.717, 1.165) is 0 Å². The van der Waals surface area contributed by atoms with Crippen molar-refractivity contribution in [1.29, 1.82) is 0 Å². The molecule has 4 aromatic heterocycles. The second-order valence-corrected chi connectivity index (χ2v) is 17.1. The zero-order valence-electron chi connectivity index (χ0n) is 31.7. The molecule has 4 heteroatoms. The molecular formula is C48H54N2S2. The first-order valence-corrected chi connectivity index (χ1v) is 21.8. The van der Waals surface area contributed by atoms with E-state index in [1.54, 1.807) is 0 Å². The molecule has 0 radical (unpaired) electrons. The first-order valence-electron chi connectivity index (χ1n) is 20.1. The molecule has 0 N–H and O–H groups in total. The molecule has 0 saturated heterocycles.